The molecule has 0 aliphatic heterocycles. The van der Waals surface area contributed by atoms with Crippen LogP contribution in [0.1, 0.15) is 13.8 Å². The van der Waals surface area contributed by atoms with Crippen LogP contribution in [0.3, 0.4) is 0 Å². The molecule has 2 amide bonds. The molecular weight excluding hydrogens is 465 g/mol. The maximum Gasteiger partial charge on any atom is 0.426 e. The zero-order chi connectivity index (χ0) is 23.6. The van der Waals surface area contributed by atoms with Gasteiger partial charge in [0.15, 0.2) is 0 Å². The maximum absolute atomic E-state index is 12.7. The Balaban J connectivity index is 2.19. The largest absolute Gasteiger partial charge is 0.426 e. The Labute approximate surface area is 180 Å². The molecule has 0 radical (unpaired) electrons. The van der Waals surface area contributed by atoms with E-state index in [1.54, 1.807) is 5.32 Å². The number of carbonyl (C=O) groups is 2. The second-order valence-corrected chi connectivity index (χ2v) is 8.36. The van der Waals surface area contributed by atoms with E-state index in [1.807, 2.05) is 0 Å². The second-order valence-electron chi connectivity index (χ2n) is 6.41. The number of hydrogen-bond acceptors (Lipinski definition) is 6. The number of rotatable bonds is 6. The minimum atomic E-state index is -5.24. The van der Waals surface area contributed by atoms with Gasteiger partial charge in [-0.1, -0.05) is 11.6 Å². The highest BCUT2D eigenvalue weighted by atomic mass is 35.5. The minimum absolute atomic E-state index is 0.0798. The molecule has 13 heteroatoms. The van der Waals surface area contributed by atoms with E-state index < -0.39 is 37.7 Å². The molecule has 31 heavy (non-hydrogen) atoms. The molecule has 0 heterocycles. The zero-order valence-electron chi connectivity index (χ0n) is 16.0. The summed E-state index contributed by atoms with van der Waals surface area (Å²) in [6, 6.07) is 8.15. The first-order valence-electron chi connectivity index (χ1n) is 8.36. The van der Waals surface area contributed by atoms with Crippen LogP contribution in [0.2, 0.25) is 5.02 Å². The third-order valence-corrected chi connectivity index (χ3v) is 5.41. The monoisotopic (exact) mass is 480 g/mol. The summed E-state index contributed by atoms with van der Waals surface area (Å²) in [7, 11) is -4.38. The highest BCUT2D eigenvalue weighted by molar-refractivity contribution is 7.87. The third kappa shape index (κ3) is 5.87. The number of halogens is 4. The first kappa shape index (κ1) is 24.4. The number of anilines is 2. The standard InChI is InChI=1S/C18H16ClF3N2O6S/c1-10(25)23-11-3-5-12(6-4-11)30-31(28,29)13-7-8-15(14(19)9-13)24-16(26)17(2,27)18(20,21)22/h3-9,27H,1-2H3,(H,23,25)(H,24,26)/t17-/m1/s1. The van der Waals surface area contributed by atoms with Gasteiger partial charge in [-0.2, -0.15) is 21.6 Å². The average molecular weight is 481 g/mol. The molecule has 2 rings (SSSR count). The first-order valence-corrected chi connectivity index (χ1v) is 10.1. The van der Waals surface area contributed by atoms with Crippen LogP contribution in [-0.2, 0) is 19.7 Å². The summed E-state index contributed by atoms with van der Waals surface area (Å²) < 4.78 is 68.0. The number of nitrogens with one attached hydrogen (secondary N) is 2. The predicted octanol–water partition coefficient (Wildman–Crippen LogP) is 3.32. The number of amides is 2. The fourth-order valence-electron chi connectivity index (χ4n) is 2.10. The van der Waals surface area contributed by atoms with Crippen molar-refractivity contribution in [2.75, 3.05) is 10.6 Å². The summed E-state index contributed by atoms with van der Waals surface area (Å²) in [5.41, 5.74) is -3.63. The fraction of sp³-hybridized carbons (Fsp3) is 0.222. The Morgan fingerprint density at radius 2 is 1.65 bits per heavy atom. The van der Waals surface area contributed by atoms with E-state index in [0.717, 1.165) is 18.2 Å². The molecule has 2 aromatic rings. The van der Waals surface area contributed by atoms with Crippen LogP contribution < -0.4 is 14.8 Å². The average Bonchev–Trinajstić information content (AvgIpc) is 2.63. The van der Waals surface area contributed by atoms with Gasteiger partial charge in [0.2, 0.25) is 11.5 Å². The molecule has 2 aromatic carbocycles. The Bertz CT molecular complexity index is 1100. The van der Waals surface area contributed by atoms with E-state index in [4.69, 9.17) is 15.8 Å². The van der Waals surface area contributed by atoms with E-state index in [1.165, 1.54) is 31.2 Å². The molecule has 0 fully saturated rings. The predicted molar refractivity (Wildman–Crippen MR) is 105 cm³/mol. The molecule has 8 nitrogen and oxygen atoms in total. The molecule has 0 unspecified atom stereocenters. The van der Waals surface area contributed by atoms with Crippen LogP contribution in [0.15, 0.2) is 47.4 Å². The maximum atomic E-state index is 12.7. The van der Waals surface area contributed by atoms with Gasteiger partial charge in [-0.15, -0.1) is 0 Å². The Hall–Kier alpha value is -2.83. The van der Waals surface area contributed by atoms with Crippen molar-refractivity contribution in [1.29, 1.82) is 0 Å². The molecule has 1 atom stereocenters. The van der Waals surface area contributed by atoms with Crippen LogP contribution in [0.4, 0.5) is 24.5 Å². The second kappa shape index (κ2) is 8.73. The number of hydrogen-bond donors (Lipinski definition) is 3. The lowest BCUT2D eigenvalue weighted by atomic mass is 10.1. The van der Waals surface area contributed by atoms with Gasteiger partial charge in [-0.25, -0.2) is 0 Å². The van der Waals surface area contributed by atoms with Gasteiger partial charge in [-0.3, -0.25) is 9.59 Å². The highest BCUT2D eigenvalue weighted by Gasteiger charge is 2.55. The molecule has 0 aromatic heterocycles. The molecule has 0 spiro atoms. The van der Waals surface area contributed by atoms with Gasteiger partial charge in [0.05, 0.1) is 10.7 Å². The lowest BCUT2D eigenvalue weighted by Gasteiger charge is -2.25. The summed E-state index contributed by atoms with van der Waals surface area (Å²) in [5, 5.41) is 13.3. The molecule has 0 aliphatic carbocycles. The van der Waals surface area contributed by atoms with Crippen molar-refractivity contribution in [3.05, 3.63) is 47.5 Å². The third-order valence-electron chi connectivity index (χ3n) is 3.85. The van der Waals surface area contributed by atoms with Crippen molar-refractivity contribution in [3.8, 4) is 5.75 Å². The normalized spacial score (nSPS) is 13.8. The summed E-state index contributed by atoms with van der Waals surface area (Å²) >= 11 is 5.88. The van der Waals surface area contributed by atoms with Crippen molar-refractivity contribution in [3.63, 3.8) is 0 Å². The summed E-state index contributed by atoms with van der Waals surface area (Å²) in [4.78, 5) is 22.3. The Kier molecular flexibility index (Phi) is 6.88. The quantitative estimate of drug-likeness (QED) is 0.545. The topological polar surface area (TPSA) is 122 Å². The van der Waals surface area contributed by atoms with Gasteiger partial charge in [0, 0.05) is 12.6 Å². The molecule has 0 saturated heterocycles. The van der Waals surface area contributed by atoms with E-state index in [0.29, 0.717) is 5.69 Å². The van der Waals surface area contributed by atoms with Gasteiger partial charge in [0.25, 0.3) is 5.91 Å². The van der Waals surface area contributed by atoms with Crippen molar-refractivity contribution < 1.29 is 40.5 Å². The van der Waals surface area contributed by atoms with E-state index in [2.05, 4.69) is 5.32 Å². The van der Waals surface area contributed by atoms with Crippen LogP contribution >= 0.6 is 11.6 Å². The van der Waals surface area contributed by atoms with Crippen molar-refractivity contribution >= 4 is 44.9 Å². The first-order chi connectivity index (χ1) is 14.1. The Morgan fingerprint density at radius 1 is 1.06 bits per heavy atom. The number of benzene rings is 2. The van der Waals surface area contributed by atoms with Gasteiger partial charge in [0.1, 0.15) is 10.6 Å². The van der Waals surface area contributed by atoms with Crippen LogP contribution in [0.5, 0.6) is 5.75 Å². The minimum Gasteiger partial charge on any atom is -0.379 e. The van der Waals surface area contributed by atoms with E-state index in [-0.39, 0.29) is 24.3 Å². The number of aliphatic hydroxyl groups is 1. The molecule has 0 aliphatic rings. The zero-order valence-corrected chi connectivity index (χ0v) is 17.5. The smallest absolute Gasteiger partial charge is 0.379 e. The lowest BCUT2D eigenvalue weighted by molar-refractivity contribution is -0.242. The van der Waals surface area contributed by atoms with Crippen LogP contribution in [0.25, 0.3) is 0 Å². The summed E-state index contributed by atoms with van der Waals surface area (Å²) in [6.45, 7) is 1.56. The van der Waals surface area contributed by atoms with E-state index in [9.17, 15) is 36.3 Å². The van der Waals surface area contributed by atoms with Gasteiger partial charge in [-0.05, 0) is 49.4 Å². The molecule has 0 saturated carbocycles. The molecule has 3 N–H and O–H groups in total. The molecule has 0 bridgehead atoms. The number of alkyl halides is 3. The SMILES string of the molecule is CC(=O)Nc1ccc(OS(=O)(=O)c2ccc(NC(=O)[C@@](C)(O)C(F)(F)F)c(Cl)c2)cc1. The van der Waals surface area contributed by atoms with Crippen LogP contribution in [-0.4, -0.2) is 37.1 Å². The summed E-state index contributed by atoms with van der Waals surface area (Å²) in [6.07, 6.45) is -5.24. The lowest BCUT2D eigenvalue weighted by Crippen LogP contribution is -2.52. The van der Waals surface area contributed by atoms with Crippen LogP contribution in [0, 0.1) is 0 Å². The molecule has 168 valence electrons. The highest BCUT2D eigenvalue weighted by Crippen LogP contribution is 2.33. The van der Waals surface area contributed by atoms with Crippen molar-refractivity contribution in [1.82, 2.24) is 0 Å². The van der Waals surface area contributed by atoms with E-state index >= 15 is 0 Å². The van der Waals surface area contributed by atoms with Crippen molar-refractivity contribution in [2.24, 2.45) is 0 Å². The van der Waals surface area contributed by atoms with Gasteiger partial charge < -0.3 is 19.9 Å². The Morgan fingerprint density at radius 3 is 2.13 bits per heavy atom. The fourth-order valence-corrected chi connectivity index (χ4v) is 3.35. The number of carbonyl (C=O) groups excluding carboxylic acids is 2. The summed E-state index contributed by atoms with van der Waals surface area (Å²) in [5.74, 6) is -2.20. The van der Waals surface area contributed by atoms with Crippen molar-refractivity contribution in [2.45, 2.75) is 30.5 Å². The molecular formula is C18H16ClF3N2O6S. The van der Waals surface area contributed by atoms with Gasteiger partial charge >= 0.3 is 16.3 Å².